The molecule has 1 radical (unpaired) electrons. The topological polar surface area (TPSA) is 43.9 Å². The standard InChI is InChI=1S/C37H23N2O.C20H28NSi.Ir/c1-3-13-25(14-4-1)27-18-11-19-28(26-15-5-2-6-16-26)35(27)39-33-23-9-8-22-32(33)38-37(39)31-21-12-20-30-29-17-7-10-24-34(29)40-36(30)31;1-15-8-10-16(11-9-15)18-12-17(13-20(2,3)4)19(14-21-18)22(5,6)7;/h1-20,22-24H;8-10,12,14H,13H2,1-7H3;/q2*-1;/i;1D3,13D2;. The fraction of sp³-hybridized carbons (Fsp3) is 0.158. The molecular weight excluding hydrogens is 963 g/mol. The van der Waals surface area contributed by atoms with Crippen molar-refractivity contribution in [3.05, 3.63) is 193 Å². The summed E-state index contributed by atoms with van der Waals surface area (Å²) >= 11 is 0. The zero-order valence-corrected chi connectivity index (χ0v) is 39.6. The quantitative estimate of drug-likeness (QED) is 0.118. The van der Waals surface area contributed by atoms with Crippen LogP contribution >= 0.6 is 0 Å². The Labute approximate surface area is 393 Å². The summed E-state index contributed by atoms with van der Waals surface area (Å²) in [5, 5.41) is 3.15. The van der Waals surface area contributed by atoms with Crippen LogP contribution in [-0.4, -0.2) is 22.6 Å². The van der Waals surface area contributed by atoms with Gasteiger partial charge in [0.1, 0.15) is 5.58 Å². The summed E-state index contributed by atoms with van der Waals surface area (Å²) < 4.78 is 48.8. The summed E-state index contributed by atoms with van der Waals surface area (Å²) in [7, 11) is -1.81. The SMILES string of the molecule is [2H]C([2H])([2H])c1c[c-]c(-c2cc(C([2H])([2H])C(C)(C)C)c([Si](C)(C)C)cn2)cc1.[Ir].[c-]1ccc2c(oc3ccccc32)c1-c1nc2ccccc2n1-c1c(-c2ccccc2)cccc1-c1ccccc1. The number of pyridine rings is 1. The minimum absolute atomic E-state index is 0. The Bertz CT molecular complexity index is 3330. The van der Waals surface area contributed by atoms with E-state index >= 15 is 0 Å². The first-order chi connectivity index (χ1) is 31.9. The molecular formula is C57H51IrN3OSi-2. The second kappa shape index (κ2) is 17.9. The normalized spacial score (nSPS) is 13.3. The van der Waals surface area contributed by atoms with Gasteiger partial charge in [0.15, 0.2) is 0 Å². The van der Waals surface area contributed by atoms with Crippen LogP contribution in [0.2, 0.25) is 19.6 Å². The molecule has 0 amide bonds. The van der Waals surface area contributed by atoms with Crippen molar-refractivity contribution < 1.29 is 31.4 Å². The van der Waals surface area contributed by atoms with Crippen molar-refractivity contribution in [3.8, 4) is 50.6 Å². The number of aromatic nitrogens is 3. The summed E-state index contributed by atoms with van der Waals surface area (Å²) in [6.45, 7) is 10.1. The Morgan fingerprint density at radius 2 is 1.40 bits per heavy atom. The van der Waals surface area contributed by atoms with Crippen molar-refractivity contribution in [1.82, 2.24) is 14.5 Å². The van der Waals surface area contributed by atoms with E-state index in [4.69, 9.17) is 16.3 Å². The Kier molecular flexibility index (Phi) is 10.6. The molecule has 10 rings (SSSR count). The van der Waals surface area contributed by atoms with Crippen LogP contribution in [0.5, 0.6) is 0 Å². The van der Waals surface area contributed by atoms with E-state index in [9.17, 15) is 0 Å². The number of fused-ring (bicyclic) bond motifs is 4. The number of nitrogens with zero attached hydrogens (tertiary/aromatic N) is 3. The number of hydrogen-bond donors (Lipinski definition) is 0. The van der Waals surface area contributed by atoms with E-state index in [1.165, 1.54) is 6.07 Å². The molecule has 6 heteroatoms. The summed E-state index contributed by atoms with van der Waals surface area (Å²) in [6.07, 6.45) is 0.269. The summed E-state index contributed by atoms with van der Waals surface area (Å²) in [5.74, 6) is 0.798. The molecule has 0 spiro atoms. The minimum Gasteiger partial charge on any atom is -0.501 e. The molecule has 0 atom stereocenters. The first-order valence-electron chi connectivity index (χ1n) is 23.5. The monoisotopic (exact) mass is 1020 g/mol. The van der Waals surface area contributed by atoms with Crippen LogP contribution in [0.1, 0.15) is 38.8 Å². The van der Waals surface area contributed by atoms with Crippen molar-refractivity contribution in [2.45, 2.75) is 53.6 Å². The van der Waals surface area contributed by atoms with Gasteiger partial charge in [0.05, 0.1) is 36.2 Å². The van der Waals surface area contributed by atoms with Gasteiger partial charge in [-0.25, -0.2) is 0 Å². The van der Waals surface area contributed by atoms with Crippen molar-refractivity contribution in [3.63, 3.8) is 0 Å². The maximum atomic E-state index is 8.79. The average Bonchev–Trinajstić information content (AvgIpc) is 3.90. The predicted octanol–water partition coefficient (Wildman–Crippen LogP) is 14.7. The van der Waals surface area contributed by atoms with Gasteiger partial charge in [0, 0.05) is 49.7 Å². The maximum Gasteiger partial charge on any atom is 0.120 e. The first-order valence-corrected chi connectivity index (χ1v) is 24.5. The van der Waals surface area contributed by atoms with Crippen molar-refractivity contribution in [2.75, 3.05) is 0 Å². The summed E-state index contributed by atoms with van der Waals surface area (Å²) in [6, 6.07) is 61.2. The zero-order valence-electron chi connectivity index (χ0n) is 41.2. The third-order valence-corrected chi connectivity index (χ3v) is 12.9. The molecule has 0 saturated carbocycles. The van der Waals surface area contributed by atoms with Crippen LogP contribution in [0.4, 0.5) is 0 Å². The van der Waals surface area contributed by atoms with Gasteiger partial charge in [-0.2, -0.15) is 0 Å². The largest absolute Gasteiger partial charge is 0.501 e. The van der Waals surface area contributed by atoms with Crippen LogP contribution in [0.15, 0.2) is 174 Å². The minimum atomic E-state index is -2.17. The van der Waals surface area contributed by atoms with E-state index in [2.05, 4.69) is 151 Å². The Balaban J connectivity index is 0.000000197. The van der Waals surface area contributed by atoms with Gasteiger partial charge in [-0.3, -0.25) is 4.98 Å². The zero-order chi connectivity index (χ0) is 47.3. The van der Waals surface area contributed by atoms with Crippen molar-refractivity contribution >= 4 is 46.2 Å². The van der Waals surface area contributed by atoms with E-state index < -0.39 is 26.7 Å². The molecule has 0 saturated heterocycles. The van der Waals surface area contributed by atoms with Crippen LogP contribution in [0, 0.1) is 24.4 Å². The Morgan fingerprint density at radius 1 is 0.730 bits per heavy atom. The third-order valence-electron chi connectivity index (χ3n) is 10.9. The van der Waals surface area contributed by atoms with E-state index in [0.29, 0.717) is 16.8 Å². The molecule has 3 heterocycles. The number of hydrogen-bond acceptors (Lipinski definition) is 3. The number of rotatable bonds is 7. The summed E-state index contributed by atoms with van der Waals surface area (Å²) in [4.78, 5) is 9.78. The molecule has 315 valence electrons. The van der Waals surface area contributed by atoms with E-state index in [-0.39, 0.29) is 25.7 Å². The molecule has 0 unspecified atom stereocenters. The van der Waals surface area contributed by atoms with E-state index in [1.54, 1.807) is 18.3 Å². The molecule has 0 fully saturated rings. The molecule has 0 bridgehead atoms. The van der Waals surface area contributed by atoms with Gasteiger partial charge in [0.25, 0.3) is 0 Å². The molecule has 10 aromatic rings. The molecule has 7 aromatic carbocycles. The van der Waals surface area contributed by atoms with Gasteiger partial charge >= 0.3 is 0 Å². The third kappa shape index (κ3) is 9.03. The molecule has 0 aliphatic carbocycles. The van der Waals surface area contributed by atoms with Crippen LogP contribution < -0.4 is 5.19 Å². The first kappa shape index (κ1) is 37.4. The van der Waals surface area contributed by atoms with Crippen LogP contribution in [0.3, 0.4) is 0 Å². The van der Waals surface area contributed by atoms with Gasteiger partial charge < -0.3 is 14.0 Å². The van der Waals surface area contributed by atoms with E-state index in [0.717, 1.165) is 77.5 Å². The van der Waals surface area contributed by atoms with Crippen molar-refractivity contribution in [1.29, 1.82) is 0 Å². The Hall–Kier alpha value is -6.17. The fourth-order valence-electron chi connectivity index (χ4n) is 8.05. The summed E-state index contributed by atoms with van der Waals surface area (Å²) in [5.41, 5.74) is 11.7. The van der Waals surface area contributed by atoms with Crippen molar-refractivity contribution in [2.24, 2.45) is 5.41 Å². The smallest absolute Gasteiger partial charge is 0.120 e. The maximum absolute atomic E-state index is 8.79. The van der Waals surface area contributed by atoms with Gasteiger partial charge in [-0.1, -0.05) is 179 Å². The Morgan fingerprint density at radius 3 is 2.05 bits per heavy atom. The number of benzene rings is 7. The second-order valence-electron chi connectivity index (χ2n) is 17.6. The van der Waals surface area contributed by atoms with Gasteiger partial charge in [-0.15, -0.1) is 53.6 Å². The van der Waals surface area contributed by atoms with Gasteiger partial charge in [-0.05, 0) is 52.0 Å². The van der Waals surface area contributed by atoms with Gasteiger partial charge in [0.2, 0.25) is 0 Å². The van der Waals surface area contributed by atoms with E-state index in [1.807, 2.05) is 57.2 Å². The fourth-order valence-corrected chi connectivity index (χ4v) is 9.45. The molecule has 4 nitrogen and oxygen atoms in total. The predicted molar refractivity (Wildman–Crippen MR) is 263 cm³/mol. The van der Waals surface area contributed by atoms with Crippen LogP contribution in [0.25, 0.3) is 83.6 Å². The number of para-hydroxylation sites is 4. The molecule has 63 heavy (non-hydrogen) atoms. The average molecular weight is 1020 g/mol. The second-order valence-corrected chi connectivity index (χ2v) is 22.7. The number of imidazole rings is 1. The van der Waals surface area contributed by atoms with Crippen LogP contribution in [-0.2, 0) is 26.5 Å². The molecule has 0 aliphatic heterocycles. The molecule has 0 N–H and O–H groups in total. The molecule has 3 aromatic heterocycles. The molecule has 0 aliphatic rings. The number of furan rings is 1. The number of aryl methyl sites for hydroxylation is 1.